The van der Waals surface area contributed by atoms with Gasteiger partial charge in [-0.25, -0.2) is 0 Å². The van der Waals surface area contributed by atoms with Gasteiger partial charge in [0, 0.05) is 6.07 Å². The molecule has 0 saturated carbocycles. The van der Waals surface area contributed by atoms with Gasteiger partial charge in [-0.3, -0.25) is 4.79 Å². The molecule has 9 nitrogen and oxygen atoms in total. The summed E-state index contributed by atoms with van der Waals surface area (Å²) in [6, 6.07) is 3.45. The number of carbonyl (C=O) groups is 1. The number of fused-ring (bicyclic) bond motifs is 2. The highest BCUT2D eigenvalue weighted by molar-refractivity contribution is 6.74. The number of aliphatic hydroxyl groups is 2. The molecule has 1 aromatic carbocycles. The van der Waals surface area contributed by atoms with Crippen molar-refractivity contribution in [3.63, 3.8) is 0 Å². The molecule has 0 aromatic heterocycles. The van der Waals surface area contributed by atoms with Gasteiger partial charge in [0.25, 0.3) is 0 Å². The van der Waals surface area contributed by atoms with E-state index in [0.29, 0.717) is 22.6 Å². The van der Waals surface area contributed by atoms with E-state index in [1.807, 2.05) is 13.1 Å². The Hall–Kier alpha value is -1.69. The predicted molar refractivity (Wildman–Crippen MR) is 135 cm³/mol. The number of aliphatic hydroxyl groups excluding tert-OH is 2. The van der Waals surface area contributed by atoms with Crippen molar-refractivity contribution in [1.82, 2.24) is 0 Å². The summed E-state index contributed by atoms with van der Waals surface area (Å²) in [5.41, 5.74) is 0.443. The van der Waals surface area contributed by atoms with Gasteiger partial charge in [-0.15, -0.1) is 0 Å². The van der Waals surface area contributed by atoms with Crippen LogP contribution in [0.25, 0.3) is 0 Å². The first-order chi connectivity index (χ1) is 16.5. The summed E-state index contributed by atoms with van der Waals surface area (Å²) in [5, 5.41) is 22.7. The minimum Gasteiger partial charge on any atom is -0.497 e. The van der Waals surface area contributed by atoms with Gasteiger partial charge in [0.15, 0.2) is 8.32 Å². The van der Waals surface area contributed by atoms with E-state index in [1.165, 1.54) is 7.11 Å². The second kappa shape index (κ2) is 9.88. The van der Waals surface area contributed by atoms with Gasteiger partial charge in [0.05, 0.1) is 31.8 Å². The van der Waals surface area contributed by atoms with E-state index >= 15 is 0 Å². The first-order valence-electron chi connectivity index (χ1n) is 12.3. The minimum atomic E-state index is -2.42. The van der Waals surface area contributed by atoms with Gasteiger partial charge in [-0.1, -0.05) is 20.8 Å². The molecule has 2 N–H and O–H groups in total. The molecule has 1 fully saturated rings. The normalized spacial score (nSPS) is 28.7. The molecule has 0 unspecified atom stereocenters. The summed E-state index contributed by atoms with van der Waals surface area (Å²) in [4.78, 5) is 12.6. The van der Waals surface area contributed by atoms with E-state index in [1.54, 1.807) is 40.0 Å². The third-order valence-corrected chi connectivity index (χ3v) is 11.8. The van der Waals surface area contributed by atoms with Gasteiger partial charge in [0.2, 0.25) is 5.79 Å². The fourth-order valence-electron chi connectivity index (χ4n) is 4.17. The quantitative estimate of drug-likeness (QED) is 0.425. The third-order valence-electron chi connectivity index (χ3n) is 7.37. The molecule has 10 heteroatoms. The van der Waals surface area contributed by atoms with Crippen LogP contribution in [0.3, 0.4) is 0 Å². The summed E-state index contributed by atoms with van der Waals surface area (Å²) in [7, 11) is 0.620. The van der Waals surface area contributed by atoms with E-state index < -0.39 is 49.9 Å². The van der Waals surface area contributed by atoms with Gasteiger partial charge >= 0.3 is 5.97 Å². The van der Waals surface area contributed by atoms with Crippen molar-refractivity contribution in [2.75, 3.05) is 20.8 Å². The van der Waals surface area contributed by atoms with Crippen LogP contribution >= 0.6 is 0 Å². The molecule has 1 aromatic rings. The molecule has 36 heavy (non-hydrogen) atoms. The van der Waals surface area contributed by atoms with Gasteiger partial charge in [0.1, 0.15) is 42.5 Å². The summed E-state index contributed by atoms with van der Waals surface area (Å²) >= 11 is 0. The van der Waals surface area contributed by atoms with Gasteiger partial charge in [-0.05, 0) is 50.5 Å². The zero-order valence-corrected chi connectivity index (χ0v) is 24.1. The lowest BCUT2D eigenvalue weighted by molar-refractivity contribution is -0.367. The molecule has 0 amide bonds. The Morgan fingerprint density at radius 3 is 2.28 bits per heavy atom. The van der Waals surface area contributed by atoms with Crippen molar-refractivity contribution in [3.8, 4) is 11.5 Å². The van der Waals surface area contributed by atoms with Gasteiger partial charge < -0.3 is 38.3 Å². The Bertz CT molecular complexity index is 965. The standard InChI is InChI=1S/C26H42O9Si/c1-24(2,3)23(29)32-14-18-21(35-36(9,10)25(4,5)6)20(27)22(28)26(34-18)19-15(13-33-26)11-16(30-7)12-17(19)31-8/h11-12,18,20-22,27-28H,13-14H2,1-10H3/t18-,20+,21-,22-,26+/m1/s1. The minimum absolute atomic E-state index is 0.106. The van der Waals surface area contributed by atoms with Crippen LogP contribution in [0.5, 0.6) is 11.5 Å². The fourth-order valence-corrected chi connectivity index (χ4v) is 5.49. The number of rotatable bonds is 6. The second-order valence-corrected chi connectivity index (χ2v) is 16.9. The van der Waals surface area contributed by atoms with Crippen LogP contribution in [-0.2, 0) is 35.8 Å². The second-order valence-electron chi connectivity index (χ2n) is 12.1. The van der Waals surface area contributed by atoms with E-state index in [9.17, 15) is 15.0 Å². The highest BCUT2D eigenvalue weighted by Crippen LogP contribution is 2.52. The molecular weight excluding hydrogens is 484 g/mol. The molecular formula is C26H42O9Si. The lowest BCUT2D eigenvalue weighted by Gasteiger charge is -2.51. The lowest BCUT2D eigenvalue weighted by atomic mass is 9.87. The molecule has 2 heterocycles. The van der Waals surface area contributed by atoms with Crippen LogP contribution in [0.4, 0.5) is 0 Å². The van der Waals surface area contributed by atoms with Crippen LogP contribution in [0.15, 0.2) is 12.1 Å². The number of hydrogen-bond acceptors (Lipinski definition) is 9. The number of methoxy groups -OCH3 is 2. The maximum absolute atomic E-state index is 12.6. The van der Waals surface area contributed by atoms with Crippen LogP contribution in [0, 0.1) is 5.41 Å². The van der Waals surface area contributed by atoms with E-state index in [0.717, 1.165) is 0 Å². The lowest BCUT2D eigenvalue weighted by Crippen LogP contribution is -2.66. The first-order valence-corrected chi connectivity index (χ1v) is 15.2. The first kappa shape index (κ1) is 28.9. The maximum Gasteiger partial charge on any atom is 0.311 e. The maximum atomic E-state index is 12.6. The van der Waals surface area contributed by atoms with Crippen LogP contribution in [-0.4, -0.2) is 69.7 Å². The van der Waals surface area contributed by atoms with E-state index in [2.05, 4.69) is 20.8 Å². The topological polar surface area (TPSA) is 113 Å². The molecule has 0 aliphatic carbocycles. The Balaban J connectivity index is 2.05. The van der Waals surface area contributed by atoms with Crippen molar-refractivity contribution in [1.29, 1.82) is 0 Å². The molecule has 3 rings (SSSR count). The number of benzene rings is 1. The molecule has 0 bridgehead atoms. The van der Waals surface area contributed by atoms with Crippen molar-refractivity contribution in [2.24, 2.45) is 5.41 Å². The third kappa shape index (κ3) is 5.16. The van der Waals surface area contributed by atoms with Crippen molar-refractivity contribution < 1.29 is 43.1 Å². The average molecular weight is 527 g/mol. The molecule has 2 aliphatic heterocycles. The smallest absolute Gasteiger partial charge is 0.311 e. The Morgan fingerprint density at radius 1 is 1.11 bits per heavy atom. The largest absolute Gasteiger partial charge is 0.497 e. The predicted octanol–water partition coefficient (Wildman–Crippen LogP) is 3.49. The average Bonchev–Trinajstić information content (AvgIpc) is 3.15. The monoisotopic (exact) mass is 526 g/mol. The SMILES string of the molecule is COc1cc2c(c(OC)c1)[C@]1(OC2)O[C@H](COC(=O)C(C)(C)C)[C@@H](O[Si](C)(C)C(C)(C)C)[C@H](O)[C@H]1O. The van der Waals surface area contributed by atoms with Crippen LogP contribution in [0.2, 0.25) is 18.1 Å². The number of hydrogen-bond donors (Lipinski definition) is 2. The van der Waals surface area contributed by atoms with Crippen molar-refractivity contribution >= 4 is 14.3 Å². The number of ether oxygens (including phenoxy) is 5. The van der Waals surface area contributed by atoms with E-state index in [-0.39, 0.29) is 18.3 Å². The number of carbonyl (C=O) groups excluding carboxylic acids is 1. The molecule has 2 aliphatic rings. The Labute approximate surface area is 215 Å². The molecule has 0 radical (unpaired) electrons. The summed E-state index contributed by atoms with van der Waals surface area (Å²) in [6.45, 7) is 15.5. The Morgan fingerprint density at radius 2 is 1.75 bits per heavy atom. The summed E-state index contributed by atoms with van der Waals surface area (Å²) < 4.78 is 35.7. The highest BCUT2D eigenvalue weighted by atomic mass is 28.4. The van der Waals surface area contributed by atoms with Crippen LogP contribution < -0.4 is 9.47 Å². The molecule has 204 valence electrons. The highest BCUT2D eigenvalue weighted by Gasteiger charge is 2.61. The zero-order chi connectivity index (χ0) is 27.3. The van der Waals surface area contributed by atoms with Gasteiger partial charge in [-0.2, -0.15) is 0 Å². The van der Waals surface area contributed by atoms with Crippen molar-refractivity contribution in [3.05, 3.63) is 23.3 Å². The summed E-state index contributed by atoms with van der Waals surface area (Å²) in [5.74, 6) is -1.20. The molecule has 5 atom stereocenters. The Kier molecular flexibility index (Phi) is 7.93. The number of esters is 1. The molecule has 1 spiro atoms. The molecule has 1 saturated heterocycles. The zero-order valence-electron chi connectivity index (χ0n) is 23.1. The van der Waals surface area contributed by atoms with Crippen LogP contribution in [0.1, 0.15) is 52.7 Å². The fraction of sp³-hybridized carbons (Fsp3) is 0.731. The summed E-state index contributed by atoms with van der Waals surface area (Å²) in [6.07, 6.45) is -4.74. The van der Waals surface area contributed by atoms with Crippen molar-refractivity contribution in [2.45, 2.75) is 96.5 Å². The van der Waals surface area contributed by atoms with E-state index in [4.69, 9.17) is 28.1 Å².